The van der Waals surface area contributed by atoms with Gasteiger partial charge in [-0.15, -0.1) is 0 Å². The van der Waals surface area contributed by atoms with Crippen LogP contribution in [0, 0.1) is 0 Å². The topological polar surface area (TPSA) is 54.0 Å². The molecule has 2 N–H and O–H groups in total. The Balaban J connectivity index is 1.70. The van der Waals surface area contributed by atoms with E-state index in [1.54, 1.807) is 18.2 Å². The monoisotopic (exact) mass is 273 g/mol. The van der Waals surface area contributed by atoms with Crippen molar-refractivity contribution in [2.45, 2.75) is 12.5 Å². The van der Waals surface area contributed by atoms with Gasteiger partial charge < -0.3 is 10.6 Å². The summed E-state index contributed by atoms with van der Waals surface area (Å²) in [6.45, 7) is 0. The molecule has 96 valence electrons. The van der Waals surface area contributed by atoms with E-state index in [0.717, 1.165) is 11.3 Å². The van der Waals surface area contributed by atoms with Crippen LogP contribution in [-0.2, 0) is 11.2 Å². The fourth-order valence-corrected chi connectivity index (χ4v) is 2.31. The van der Waals surface area contributed by atoms with Crippen molar-refractivity contribution in [3.8, 4) is 0 Å². The summed E-state index contributed by atoms with van der Waals surface area (Å²) in [5, 5.41) is 6.32. The fourth-order valence-electron chi connectivity index (χ4n) is 2.15. The van der Waals surface area contributed by atoms with E-state index in [2.05, 4.69) is 15.6 Å². The first-order valence-electron chi connectivity index (χ1n) is 6.00. The summed E-state index contributed by atoms with van der Waals surface area (Å²) in [4.78, 5) is 16.2. The van der Waals surface area contributed by atoms with E-state index in [1.807, 2.05) is 24.3 Å². The van der Waals surface area contributed by atoms with E-state index in [0.29, 0.717) is 17.4 Å². The largest absolute Gasteiger partial charge is 0.373 e. The molecule has 2 aromatic rings. The molecule has 0 fully saturated rings. The second-order valence-corrected chi connectivity index (χ2v) is 4.78. The lowest BCUT2D eigenvalue weighted by Crippen LogP contribution is -2.33. The summed E-state index contributed by atoms with van der Waals surface area (Å²) >= 11 is 5.78. The van der Waals surface area contributed by atoms with Gasteiger partial charge in [0.2, 0.25) is 5.91 Å². The molecule has 0 bridgehead atoms. The number of nitrogens with zero attached hydrogens (tertiary/aromatic N) is 1. The van der Waals surface area contributed by atoms with Gasteiger partial charge in [-0.05, 0) is 23.8 Å². The average Bonchev–Trinajstić information content (AvgIpc) is 2.82. The van der Waals surface area contributed by atoms with Crippen LogP contribution in [0.5, 0.6) is 0 Å². The van der Waals surface area contributed by atoms with Gasteiger partial charge in [-0.25, -0.2) is 4.98 Å². The Morgan fingerprint density at radius 3 is 2.89 bits per heavy atom. The molecule has 1 aliphatic rings. The maximum Gasteiger partial charge on any atom is 0.248 e. The van der Waals surface area contributed by atoms with E-state index in [9.17, 15) is 4.79 Å². The van der Waals surface area contributed by atoms with Crippen molar-refractivity contribution >= 4 is 29.0 Å². The third-order valence-corrected chi connectivity index (χ3v) is 3.26. The number of anilines is 2. The maximum absolute atomic E-state index is 12.1. The Bertz CT molecular complexity index is 605. The molecule has 1 atom stereocenters. The Morgan fingerprint density at radius 1 is 1.26 bits per heavy atom. The molecular weight excluding hydrogens is 262 g/mol. The predicted octanol–water partition coefficient (Wildman–Crippen LogP) is 2.71. The van der Waals surface area contributed by atoms with Crippen LogP contribution in [0.15, 0.2) is 42.5 Å². The summed E-state index contributed by atoms with van der Waals surface area (Å²) in [7, 11) is 0. The number of hydrogen-bond donors (Lipinski definition) is 2. The van der Waals surface area contributed by atoms with E-state index in [-0.39, 0.29) is 11.9 Å². The second kappa shape index (κ2) is 4.90. The van der Waals surface area contributed by atoms with E-state index < -0.39 is 0 Å². The minimum absolute atomic E-state index is 0.106. The third kappa shape index (κ3) is 2.53. The Hall–Kier alpha value is -2.07. The highest BCUT2D eigenvalue weighted by Gasteiger charge is 2.26. The highest BCUT2D eigenvalue weighted by Crippen LogP contribution is 2.25. The lowest BCUT2D eigenvalue weighted by atomic mass is 10.1. The van der Waals surface area contributed by atoms with E-state index >= 15 is 0 Å². The summed E-state index contributed by atoms with van der Waals surface area (Å²) in [5.41, 5.74) is 2.17. The number of carbonyl (C=O) groups is 1. The zero-order valence-corrected chi connectivity index (χ0v) is 10.8. The number of fused-ring (bicyclic) bond motifs is 1. The molecule has 0 saturated carbocycles. The number of halogens is 1. The molecule has 0 spiro atoms. The maximum atomic E-state index is 12.1. The van der Waals surface area contributed by atoms with Gasteiger partial charge in [0.05, 0.1) is 0 Å². The number of nitrogens with one attached hydrogen (secondary N) is 2. The van der Waals surface area contributed by atoms with Gasteiger partial charge in [0.25, 0.3) is 0 Å². The normalized spacial score (nSPS) is 16.6. The number of amides is 1. The van der Waals surface area contributed by atoms with Gasteiger partial charge >= 0.3 is 0 Å². The fraction of sp³-hybridized carbons (Fsp3) is 0.143. The number of para-hydroxylation sites is 1. The quantitative estimate of drug-likeness (QED) is 0.827. The number of carbonyl (C=O) groups excluding carboxylic acids is 1. The lowest BCUT2D eigenvalue weighted by molar-refractivity contribution is -0.116. The van der Waals surface area contributed by atoms with Crippen LogP contribution in [0.1, 0.15) is 5.56 Å². The zero-order valence-electron chi connectivity index (χ0n) is 10.1. The molecule has 3 rings (SSSR count). The van der Waals surface area contributed by atoms with Gasteiger partial charge in [-0.2, -0.15) is 0 Å². The van der Waals surface area contributed by atoms with Crippen LogP contribution in [-0.4, -0.2) is 16.9 Å². The minimum Gasteiger partial charge on any atom is -0.373 e. The van der Waals surface area contributed by atoms with Crippen molar-refractivity contribution in [3.05, 3.63) is 53.2 Å². The highest BCUT2D eigenvalue weighted by molar-refractivity contribution is 6.29. The van der Waals surface area contributed by atoms with Crippen molar-refractivity contribution in [1.29, 1.82) is 0 Å². The van der Waals surface area contributed by atoms with Crippen molar-refractivity contribution in [2.24, 2.45) is 0 Å². The van der Waals surface area contributed by atoms with Gasteiger partial charge in [-0.1, -0.05) is 35.9 Å². The molecule has 1 aromatic heterocycles. The Morgan fingerprint density at radius 2 is 2.11 bits per heavy atom. The number of benzene rings is 1. The number of rotatable bonds is 2. The lowest BCUT2D eigenvalue weighted by Gasteiger charge is -2.11. The molecule has 1 unspecified atom stereocenters. The predicted molar refractivity (Wildman–Crippen MR) is 75.4 cm³/mol. The van der Waals surface area contributed by atoms with Gasteiger partial charge in [-0.3, -0.25) is 4.79 Å². The third-order valence-electron chi connectivity index (χ3n) is 3.05. The van der Waals surface area contributed by atoms with Crippen LogP contribution >= 0.6 is 11.6 Å². The molecule has 1 aliphatic heterocycles. The van der Waals surface area contributed by atoms with Crippen LogP contribution in [0.2, 0.25) is 5.15 Å². The first kappa shape index (κ1) is 12.0. The summed E-state index contributed by atoms with van der Waals surface area (Å²) < 4.78 is 0. The molecular formula is C14H12ClN3O. The average molecular weight is 274 g/mol. The first-order chi connectivity index (χ1) is 9.22. The van der Waals surface area contributed by atoms with Gasteiger partial charge in [0, 0.05) is 12.1 Å². The Labute approximate surface area is 115 Å². The van der Waals surface area contributed by atoms with Crippen molar-refractivity contribution in [2.75, 3.05) is 10.6 Å². The highest BCUT2D eigenvalue weighted by atomic mass is 35.5. The molecule has 0 aliphatic carbocycles. The van der Waals surface area contributed by atoms with Crippen LogP contribution in [0.25, 0.3) is 0 Å². The molecule has 4 nitrogen and oxygen atoms in total. The SMILES string of the molecule is O=C(Nc1cccc(Cl)n1)C1Cc2ccccc2N1. The van der Waals surface area contributed by atoms with Gasteiger partial charge in [0.15, 0.2) is 0 Å². The Kier molecular flexibility index (Phi) is 3.09. The number of pyridine rings is 1. The van der Waals surface area contributed by atoms with E-state index in [4.69, 9.17) is 11.6 Å². The first-order valence-corrected chi connectivity index (χ1v) is 6.38. The number of aromatic nitrogens is 1. The molecule has 1 amide bonds. The second-order valence-electron chi connectivity index (χ2n) is 4.39. The molecule has 0 radical (unpaired) electrons. The molecule has 2 heterocycles. The van der Waals surface area contributed by atoms with Crippen LogP contribution < -0.4 is 10.6 Å². The molecule has 19 heavy (non-hydrogen) atoms. The number of hydrogen-bond acceptors (Lipinski definition) is 3. The van der Waals surface area contributed by atoms with Crippen molar-refractivity contribution < 1.29 is 4.79 Å². The molecule has 0 saturated heterocycles. The van der Waals surface area contributed by atoms with Crippen LogP contribution in [0.4, 0.5) is 11.5 Å². The van der Waals surface area contributed by atoms with E-state index in [1.165, 1.54) is 0 Å². The summed E-state index contributed by atoms with van der Waals surface area (Å²) in [6, 6.07) is 12.8. The van der Waals surface area contributed by atoms with Crippen molar-refractivity contribution in [3.63, 3.8) is 0 Å². The zero-order chi connectivity index (χ0) is 13.2. The molecule has 1 aromatic carbocycles. The standard InChI is InChI=1S/C14H12ClN3O/c15-12-6-3-7-13(17-12)18-14(19)11-8-9-4-1-2-5-10(9)16-11/h1-7,11,16H,8H2,(H,17,18,19). The van der Waals surface area contributed by atoms with Crippen molar-refractivity contribution in [1.82, 2.24) is 4.98 Å². The van der Waals surface area contributed by atoms with Crippen LogP contribution in [0.3, 0.4) is 0 Å². The van der Waals surface area contributed by atoms with Gasteiger partial charge in [0.1, 0.15) is 17.0 Å². The molecule has 5 heteroatoms. The summed E-state index contributed by atoms with van der Waals surface area (Å²) in [5.74, 6) is 0.362. The summed E-state index contributed by atoms with van der Waals surface area (Å²) in [6.07, 6.45) is 0.683. The smallest absolute Gasteiger partial charge is 0.248 e. The minimum atomic E-state index is -0.266.